The predicted molar refractivity (Wildman–Crippen MR) is 113 cm³/mol. The van der Waals surface area contributed by atoms with Crippen LogP contribution in [0.15, 0.2) is 47.4 Å². The second kappa shape index (κ2) is 9.29. The first-order chi connectivity index (χ1) is 14.9. The van der Waals surface area contributed by atoms with Gasteiger partial charge in [-0.2, -0.15) is 17.5 Å². The standard InChI is InChI=1S/C21H22ClF3N2O4S/c1-14-3-6-17(7-4-14)31-15(2)20(28)26-9-11-27(12-10-26)32(29,30)19-13-16(21(23,24)25)5-8-18(19)22/h3-8,13,15H,9-12H2,1-2H3/t15-/m1/s1. The molecule has 0 radical (unpaired) electrons. The van der Waals surface area contributed by atoms with Crippen LogP contribution in [-0.4, -0.2) is 55.8 Å². The van der Waals surface area contributed by atoms with E-state index in [4.69, 9.17) is 16.3 Å². The predicted octanol–water partition coefficient (Wildman–Crippen LogP) is 3.97. The lowest BCUT2D eigenvalue weighted by atomic mass is 10.2. The molecule has 174 valence electrons. The van der Waals surface area contributed by atoms with E-state index >= 15 is 0 Å². The van der Waals surface area contributed by atoms with Crippen LogP contribution in [0.4, 0.5) is 13.2 Å². The zero-order chi connectivity index (χ0) is 23.7. The molecule has 0 unspecified atom stereocenters. The Morgan fingerprint density at radius 1 is 1.06 bits per heavy atom. The molecule has 6 nitrogen and oxygen atoms in total. The highest BCUT2D eigenvalue weighted by Crippen LogP contribution is 2.34. The molecule has 1 heterocycles. The number of amides is 1. The number of nitrogens with zero attached hydrogens (tertiary/aromatic N) is 2. The van der Waals surface area contributed by atoms with Crippen molar-refractivity contribution in [3.63, 3.8) is 0 Å². The van der Waals surface area contributed by atoms with E-state index < -0.39 is 32.8 Å². The first kappa shape index (κ1) is 24.3. The Kier molecular flexibility index (Phi) is 7.06. The van der Waals surface area contributed by atoms with Crippen LogP contribution in [0.1, 0.15) is 18.1 Å². The summed E-state index contributed by atoms with van der Waals surface area (Å²) >= 11 is 5.90. The van der Waals surface area contributed by atoms with E-state index in [0.29, 0.717) is 11.8 Å². The summed E-state index contributed by atoms with van der Waals surface area (Å²) in [6.07, 6.45) is -5.48. The highest BCUT2D eigenvalue weighted by molar-refractivity contribution is 7.89. The molecule has 32 heavy (non-hydrogen) atoms. The van der Waals surface area contributed by atoms with Crippen LogP contribution >= 0.6 is 11.6 Å². The summed E-state index contributed by atoms with van der Waals surface area (Å²) in [6.45, 7) is 3.55. The molecule has 1 aliphatic rings. The lowest BCUT2D eigenvalue weighted by Gasteiger charge is -2.35. The fourth-order valence-electron chi connectivity index (χ4n) is 3.29. The summed E-state index contributed by atoms with van der Waals surface area (Å²) in [5, 5.41) is -0.295. The van der Waals surface area contributed by atoms with Gasteiger partial charge in [-0.25, -0.2) is 8.42 Å². The number of alkyl halides is 3. The molecular formula is C21H22ClF3N2O4S. The van der Waals surface area contributed by atoms with Crippen LogP contribution in [-0.2, 0) is 21.0 Å². The fraction of sp³-hybridized carbons (Fsp3) is 0.381. The summed E-state index contributed by atoms with van der Waals surface area (Å²) in [4.78, 5) is 13.6. The zero-order valence-electron chi connectivity index (χ0n) is 17.4. The number of ether oxygens (including phenoxy) is 1. The molecule has 1 fully saturated rings. The minimum Gasteiger partial charge on any atom is -0.481 e. The lowest BCUT2D eigenvalue weighted by molar-refractivity contribution is -0.139. The molecule has 3 rings (SSSR count). The number of rotatable bonds is 5. The molecule has 2 aromatic rings. The van der Waals surface area contributed by atoms with Crippen LogP contribution in [0.3, 0.4) is 0 Å². The molecule has 1 saturated heterocycles. The summed E-state index contributed by atoms with van der Waals surface area (Å²) in [5.41, 5.74) is -0.0501. The van der Waals surface area contributed by atoms with Gasteiger partial charge in [0.15, 0.2) is 6.10 Å². The maximum Gasteiger partial charge on any atom is 0.416 e. The van der Waals surface area contributed by atoms with Crippen LogP contribution < -0.4 is 4.74 Å². The maximum absolute atomic E-state index is 13.0. The van der Waals surface area contributed by atoms with Crippen LogP contribution in [0.25, 0.3) is 0 Å². The van der Waals surface area contributed by atoms with Gasteiger partial charge in [0.25, 0.3) is 5.91 Å². The molecule has 0 saturated carbocycles. The minimum absolute atomic E-state index is 0.0715. The maximum atomic E-state index is 13.0. The number of benzene rings is 2. The van der Waals surface area contributed by atoms with E-state index in [1.54, 1.807) is 19.1 Å². The van der Waals surface area contributed by atoms with Crippen molar-refractivity contribution < 1.29 is 31.1 Å². The van der Waals surface area contributed by atoms with E-state index in [1.807, 2.05) is 19.1 Å². The van der Waals surface area contributed by atoms with Crippen molar-refractivity contribution >= 4 is 27.5 Å². The van der Waals surface area contributed by atoms with Crippen molar-refractivity contribution in [2.24, 2.45) is 0 Å². The van der Waals surface area contributed by atoms with E-state index in [0.717, 1.165) is 22.0 Å². The van der Waals surface area contributed by atoms with Gasteiger partial charge in [0.1, 0.15) is 10.6 Å². The van der Waals surface area contributed by atoms with Crippen molar-refractivity contribution in [3.8, 4) is 5.75 Å². The number of piperazine rings is 1. The third-order valence-electron chi connectivity index (χ3n) is 5.11. The summed E-state index contributed by atoms with van der Waals surface area (Å²) in [6, 6.07) is 9.40. The molecule has 1 amide bonds. The van der Waals surface area contributed by atoms with E-state index in [-0.39, 0.29) is 37.1 Å². The number of halogens is 4. The topological polar surface area (TPSA) is 66.9 Å². The molecule has 0 aliphatic carbocycles. The SMILES string of the molecule is Cc1ccc(O[C@H](C)C(=O)N2CCN(S(=O)(=O)c3cc(C(F)(F)F)ccc3Cl)CC2)cc1. The fourth-order valence-corrected chi connectivity index (χ4v) is 5.22. The number of hydrogen-bond donors (Lipinski definition) is 0. The quantitative estimate of drug-likeness (QED) is 0.636. The number of sulfonamides is 1. The first-order valence-electron chi connectivity index (χ1n) is 9.78. The van der Waals surface area contributed by atoms with Gasteiger partial charge in [-0.3, -0.25) is 4.79 Å². The van der Waals surface area contributed by atoms with E-state index in [1.165, 1.54) is 4.90 Å². The van der Waals surface area contributed by atoms with E-state index in [9.17, 15) is 26.4 Å². The molecule has 0 spiro atoms. The van der Waals surface area contributed by atoms with Crippen molar-refractivity contribution in [1.82, 2.24) is 9.21 Å². The second-order valence-electron chi connectivity index (χ2n) is 7.45. The molecule has 1 atom stereocenters. The summed E-state index contributed by atoms with van der Waals surface area (Å²) in [5.74, 6) is 0.233. The van der Waals surface area contributed by atoms with Crippen LogP contribution in [0.5, 0.6) is 5.75 Å². The molecule has 1 aliphatic heterocycles. The van der Waals surface area contributed by atoms with Gasteiger partial charge >= 0.3 is 6.18 Å². The molecule has 2 aromatic carbocycles. The number of carbonyl (C=O) groups excluding carboxylic acids is 1. The van der Waals surface area contributed by atoms with Crippen LogP contribution in [0.2, 0.25) is 5.02 Å². The highest BCUT2D eigenvalue weighted by Gasteiger charge is 2.36. The largest absolute Gasteiger partial charge is 0.481 e. The Hall–Kier alpha value is -2.30. The number of carbonyl (C=O) groups is 1. The Morgan fingerprint density at radius 3 is 2.22 bits per heavy atom. The smallest absolute Gasteiger partial charge is 0.416 e. The molecule has 0 bridgehead atoms. The Balaban J connectivity index is 1.67. The molecule has 0 N–H and O–H groups in total. The number of hydrogen-bond acceptors (Lipinski definition) is 4. The lowest BCUT2D eigenvalue weighted by Crippen LogP contribution is -2.53. The van der Waals surface area contributed by atoms with Crippen molar-refractivity contribution in [2.75, 3.05) is 26.2 Å². The van der Waals surface area contributed by atoms with Gasteiger partial charge in [0, 0.05) is 26.2 Å². The zero-order valence-corrected chi connectivity index (χ0v) is 19.0. The monoisotopic (exact) mass is 490 g/mol. The third-order valence-corrected chi connectivity index (χ3v) is 7.49. The van der Waals surface area contributed by atoms with Gasteiger partial charge in [-0.1, -0.05) is 29.3 Å². The Bertz CT molecular complexity index is 1080. The Morgan fingerprint density at radius 2 is 1.66 bits per heavy atom. The van der Waals surface area contributed by atoms with Crippen molar-refractivity contribution in [2.45, 2.75) is 31.0 Å². The molecular weight excluding hydrogens is 469 g/mol. The average molecular weight is 491 g/mol. The van der Waals surface area contributed by atoms with Gasteiger partial charge in [0.2, 0.25) is 10.0 Å². The highest BCUT2D eigenvalue weighted by atomic mass is 35.5. The van der Waals surface area contributed by atoms with Crippen molar-refractivity contribution in [3.05, 3.63) is 58.6 Å². The van der Waals surface area contributed by atoms with E-state index in [2.05, 4.69) is 0 Å². The van der Waals surface area contributed by atoms with Gasteiger partial charge in [-0.15, -0.1) is 0 Å². The first-order valence-corrected chi connectivity index (χ1v) is 11.6. The third kappa shape index (κ3) is 5.36. The second-order valence-corrected chi connectivity index (χ2v) is 9.76. The van der Waals surface area contributed by atoms with Gasteiger partial charge in [0.05, 0.1) is 10.6 Å². The average Bonchev–Trinajstić information content (AvgIpc) is 2.74. The Labute approximate surface area is 189 Å². The normalized spacial score (nSPS) is 16.6. The molecule has 11 heteroatoms. The molecule has 0 aromatic heterocycles. The van der Waals surface area contributed by atoms with Crippen LogP contribution in [0, 0.1) is 6.92 Å². The summed E-state index contributed by atoms with van der Waals surface area (Å²) < 4.78 is 71.6. The minimum atomic E-state index is -4.70. The summed E-state index contributed by atoms with van der Waals surface area (Å²) in [7, 11) is -4.27. The van der Waals surface area contributed by atoms with Gasteiger partial charge in [-0.05, 0) is 44.2 Å². The van der Waals surface area contributed by atoms with Crippen molar-refractivity contribution in [1.29, 1.82) is 0 Å². The number of aryl methyl sites for hydroxylation is 1. The van der Waals surface area contributed by atoms with Gasteiger partial charge < -0.3 is 9.64 Å².